The summed E-state index contributed by atoms with van der Waals surface area (Å²) in [7, 11) is -7.25. The van der Waals surface area contributed by atoms with Gasteiger partial charge < -0.3 is 9.73 Å². The smallest absolute Gasteiger partial charge is 0.271 e. The molecule has 0 spiro atoms. The molecule has 0 aliphatic carbocycles. The summed E-state index contributed by atoms with van der Waals surface area (Å²) in [6, 6.07) is 9.10. The van der Waals surface area contributed by atoms with Crippen molar-refractivity contribution in [3.8, 4) is 0 Å². The summed E-state index contributed by atoms with van der Waals surface area (Å²) in [5.74, 6) is 0.322. The van der Waals surface area contributed by atoms with Crippen molar-refractivity contribution in [2.24, 2.45) is 5.14 Å². The van der Waals surface area contributed by atoms with Crippen LogP contribution in [0.1, 0.15) is 5.76 Å². The van der Waals surface area contributed by atoms with Gasteiger partial charge >= 0.3 is 0 Å². The molecule has 1 aromatic carbocycles. The van der Waals surface area contributed by atoms with Crippen molar-refractivity contribution >= 4 is 25.5 Å². The van der Waals surface area contributed by atoms with E-state index >= 15 is 0 Å². The van der Waals surface area contributed by atoms with Crippen LogP contribution in [-0.2, 0) is 26.4 Å². The van der Waals surface area contributed by atoms with Crippen molar-refractivity contribution in [3.05, 3.63) is 42.2 Å². The highest BCUT2D eigenvalue weighted by Gasteiger charge is 2.15. The predicted octanol–water partition coefficient (Wildman–Crippen LogP) is 0.943. The third kappa shape index (κ3) is 3.84. The lowest BCUT2D eigenvalue weighted by atomic mass is 10.3. The second-order valence-electron chi connectivity index (χ2n) is 4.39. The van der Waals surface area contributed by atoms with E-state index in [0.29, 0.717) is 11.4 Å². The summed E-state index contributed by atoms with van der Waals surface area (Å²) in [5.41, 5.74) is 0.411. The van der Waals surface area contributed by atoms with E-state index in [9.17, 15) is 16.8 Å². The molecule has 3 N–H and O–H groups in total. The summed E-state index contributed by atoms with van der Waals surface area (Å²) < 4.78 is 50.5. The third-order valence-corrected chi connectivity index (χ3v) is 4.59. The zero-order valence-corrected chi connectivity index (χ0v) is 12.7. The summed E-state index contributed by atoms with van der Waals surface area (Å²) in [4.78, 5) is 0.156. The van der Waals surface area contributed by atoms with Crippen LogP contribution in [0.3, 0.4) is 0 Å². The molecule has 0 unspecified atom stereocenters. The minimum atomic E-state index is -3.89. The van der Waals surface area contributed by atoms with Crippen LogP contribution in [0.4, 0.5) is 5.69 Å². The molecule has 0 saturated heterocycles. The maximum Gasteiger partial charge on any atom is 0.271 e. The Kier molecular flexibility index (Phi) is 4.08. The van der Waals surface area contributed by atoms with Gasteiger partial charge in [-0.25, -0.2) is 22.0 Å². The molecule has 21 heavy (non-hydrogen) atoms. The molecule has 0 aliphatic rings. The monoisotopic (exact) mass is 330 g/mol. The van der Waals surface area contributed by atoms with Crippen LogP contribution in [0.15, 0.2) is 50.8 Å². The van der Waals surface area contributed by atoms with Gasteiger partial charge in [-0.2, -0.15) is 0 Å². The van der Waals surface area contributed by atoms with Gasteiger partial charge in [-0.15, -0.1) is 0 Å². The highest BCUT2D eigenvalue weighted by Crippen LogP contribution is 2.22. The molecular formula is C12H14N2O5S2. The Bertz CT molecular complexity index is 853. The Hall–Kier alpha value is -1.84. The van der Waals surface area contributed by atoms with E-state index in [1.54, 1.807) is 18.2 Å². The fraction of sp³-hybridized carbons (Fsp3) is 0.167. The Morgan fingerprint density at radius 1 is 1.10 bits per heavy atom. The predicted molar refractivity (Wildman–Crippen MR) is 77.0 cm³/mol. The van der Waals surface area contributed by atoms with E-state index in [1.165, 1.54) is 18.2 Å². The minimum Gasteiger partial charge on any atom is -0.446 e. The van der Waals surface area contributed by atoms with Crippen LogP contribution in [-0.4, -0.2) is 23.1 Å². The van der Waals surface area contributed by atoms with E-state index in [1.807, 2.05) is 0 Å². The highest BCUT2D eigenvalue weighted by molar-refractivity contribution is 7.90. The van der Waals surface area contributed by atoms with Crippen molar-refractivity contribution < 1.29 is 21.3 Å². The van der Waals surface area contributed by atoms with Crippen LogP contribution >= 0.6 is 0 Å². The van der Waals surface area contributed by atoms with Gasteiger partial charge in [-0.05, 0) is 24.3 Å². The Labute approximate surface area is 122 Å². The number of benzene rings is 1. The van der Waals surface area contributed by atoms with Crippen LogP contribution < -0.4 is 10.5 Å². The van der Waals surface area contributed by atoms with Crippen molar-refractivity contribution in [2.45, 2.75) is 16.5 Å². The molecule has 0 saturated carbocycles. The molecule has 1 aromatic heterocycles. The van der Waals surface area contributed by atoms with Gasteiger partial charge in [0, 0.05) is 6.26 Å². The standard InChI is InChI=1S/C12H14N2O5S2/c1-20(15,16)11-5-3-2-4-10(11)14-8-9-6-7-12(19-9)21(13,17)18/h2-7,14H,8H2,1H3,(H2,13,17,18). The van der Waals surface area contributed by atoms with Crippen molar-refractivity contribution in [2.75, 3.05) is 11.6 Å². The molecule has 0 amide bonds. The first-order valence-corrected chi connectivity index (χ1v) is 9.26. The zero-order valence-electron chi connectivity index (χ0n) is 11.1. The number of anilines is 1. The lowest BCUT2D eigenvalue weighted by Crippen LogP contribution is -2.11. The van der Waals surface area contributed by atoms with Gasteiger partial charge in [0.15, 0.2) is 9.84 Å². The van der Waals surface area contributed by atoms with E-state index in [0.717, 1.165) is 6.26 Å². The largest absolute Gasteiger partial charge is 0.446 e. The van der Waals surface area contributed by atoms with E-state index in [2.05, 4.69) is 5.32 Å². The second-order valence-corrected chi connectivity index (χ2v) is 7.86. The first kappa shape index (κ1) is 15.5. The van der Waals surface area contributed by atoms with Crippen LogP contribution in [0.5, 0.6) is 0 Å². The second kappa shape index (κ2) is 5.51. The number of sulfonamides is 1. The molecular weight excluding hydrogens is 316 g/mol. The molecule has 1 heterocycles. The summed E-state index contributed by atoms with van der Waals surface area (Å²) in [6.07, 6.45) is 1.11. The molecule has 0 radical (unpaired) electrons. The molecule has 0 fully saturated rings. The highest BCUT2D eigenvalue weighted by atomic mass is 32.2. The summed E-state index contributed by atoms with van der Waals surface area (Å²) in [5, 5.41) is 7.49. The molecule has 2 rings (SSSR count). The number of furan rings is 1. The Morgan fingerprint density at radius 2 is 1.76 bits per heavy atom. The van der Waals surface area contributed by atoms with Crippen LogP contribution in [0.25, 0.3) is 0 Å². The number of sulfone groups is 1. The van der Waals surface area contributed by atoms with Gasteiger partial charge in [0.25, 0.3) is 10.0 Å². The van der Waals surface area contributed by atoms with Crippen LogP contribution in [0, 0.1) is 0 Å². The molecule has 2 aromatic rings. The van der Waals surface area contributed by atoms with Gasteiger partial charge in [-0.3, -0.25) is 0 Å². The van der Waals surface area contributed by atoms with Gasteiger partial charge in [0.2, 0.25) is 5.09 Å². The quantitative estimate of drug-likeness (QED) is 0.842. The number of para-hydroxylation sites is 1. The maximum atomic E-state index is 11.6. The lowest BCUT2D eigenvalue weighted by Gasteiger charge is -2.09. The van der Waals surface area contributed by atoms with Crippen molar-refractivity contribution in [1.29, 1.82) is 0 Å². The lowest BCUT2D eigenvalue weighted by molar-refractivity contribution is 0.419. The number of nitrogens with two attached hydrogens (primary N) is 1. The summed E-state index contributed by atoms with van der Waals surface area (Å²) in [6.45, 7) is 0.127. The van der Waals surface area contributed by atoms with Crippen molar-refractivity contribution in [3.63, 3.8) is 0 Å². The van der Waals surface area contributed by atoms with E-state index in [-0.39, 0.29) is 16.5 Å². The minimum absolute atomic E-state index is 0.127. The maximum absolute atomic E-state index is 11.6. The van der Waals surface area contributed by atoms with Crippen molar-refractivity contribution in [1.82, 2.24) is 0 Å². The molecule has 0 aliphatic heterocycles. The fourth-order valence-corrected chi connectivity index (χ4v) is 3.07. The zero-order chi connectivity index (χ0) is 15.7. The van der Waals surface area contributed by atoms with Gasteiger partial charge in [-0.1, -0.05) is 12.1 Å². The number of hydrogen-bond donors (Lipinski definition) is 2. The first-order chi connectivity index (χ1) is 9.68. The van der Waals surface area contributed by atoms with E-state index in [4.69, 9.17) is 9.56 Å². The summed E-state index contributed by atoms with van der Waals surface area (Å²) >= 11 is 0. The topological polar surface area (TPSA) is 119 Å². The normalized spacial score (nSPS) is 12.3. The SMILES string of the molecule is CS(=O)(=O)c1ccccc1NCc1ccc(S(N)(=O)=O)o1. The Morgan fingerprint density at radius 3 is 2.33 bits per heavy atom. The number of nitrogens with one attached hydrogen (secondary N) is 1. The number of primary sulfonamides is 1. The fourth-order valence-electron chi connectivity index (χ4n) is 1.72. The van der Waals surface area contributed by atoms with E-state index < -0.39 is 19.9 Å². The molecule has 0 bridgehead atoms. The molecule has 9 heteroatoms. The molecule has 0 atom stereocenters. The average Bonchev–Trinajstić information content (AvgIpc) is 2.84. The first-order valence-electron chi connectivity index (χ1n) is 5.82. The number of rotatable bonds is 5. The van der Waals surface area contributed by atoms with Crippen LogP contribution in [0.2, 0.25) is 0 Å². The molecule has 114 valence electrons. The number of hydrogen-bond acceptors (Lipinski definition) is 6. The average molecular weight is 330 g/mol. The third-order valence-electron chi connectivity index (χ3n) is 2.66. The van der Waals surface area contributed by atoms with Gasteiger partial charge in [0.05, 0.1) is 17.1 Å². The van der Waals surface area contributed by atoms with Gasteiger partial charge in [0.1, 0.15) is 5.76 Å². The Balaban J connectivity index is 2.20. The molecule has 7 nitrogen and oxygen atoms in total.